The van der Waals surface area contributed by atoms with Crippen LogP contribution in [0.15, 0.2) is 30.5 Å². The normalized spacial score (nSPS) is 10.5. The zero-order valence-corrected chi connectivity index (χ0v) is 8.42. The van der Waals surface area contributed by atoms with E-state index < -0.39 is 0 Å². The SMILES string of the molecule is CNCc1[nH]ncc1-c1cccc(F)c1. The third kappa shape index (κ3) is 2.05. The summed E-state index contributed by atoms with van der Waals surface area (Å²) in [5.74, 6) is -0.232. The van der Waals surface area contributed by atoms with Gasteiger partial charge in [-0.15, -0.1) is 0 Å². The average Bonchev–Trinajstić information content (AvgIpc) is 2.66. The van der Waals surface area contributed by atoms with Crippen LogP contribution in [0.2, 0.25) is 0 Å². The summed E-state index contributed by atoms with van der Waals surface area (Å²) in [6, 6.07) is 6.50. The summed E-state index contributed by atoms with van der Waals surface area (Å²) in [5.41, 5.74) is 2.74. The number of halogens is 1. The molecule has 0 aliphatic rings. The fourth-order valence-electron chi connectivity index (χ4n) is 1.53. The second kappa shape index (κ2) is 4.23. The minimum absolute atomic E-state index is 0.232. The number of nitrogens with zero attached hydrogens (tertiary/aromatic N) is 1. The van der Waals surface area contributed by atoms with E-state index in [1.54, 1.807) is 12.3 Å². The number of benzene rings is 1. The first-order chi connectivity index (χ1) is 7.31. The molecule has 3 nitrogen and oxygen atoms in total. The molecule has 0 saturated heterocycles. The zero-order chi connectivity index (χ0) is 10.7. The molecule has 0 unspecified atom stereocenters. The highest BCUT2D eigenvalue weighted by atomic mass is 19.1. The highest BCUT2D eigenvalue weighted by Crippen LogP contribution is 2.22. The summed E-state index contributed by atoms with van der Waals surface area (Å²) in [7, 11) is 1.86. The lowest BCUT2D eigenvalue weighted by Crippen LogP contribution is -2.06. The third-order valence-electron chi connectivity index (χ3n) is 2.21. The van der Waals surface area contributed by atoms with Crippen molar-refractivity contribution in [2.75, 3.05) is 7.05 Å². The van der Waals surface area contributed by atoms with Crippen LogP contribution in [0.3, 0.4) is 0 Å². The van der Waals surface area contributed by atoms with Crippen LogP contribution in [0.25, 0.3) is 11.1 Å². The average molecular weight is 205 g/mol. The van der Waals surface area contributed by atoms with Crippen molar-refractivity contribution in [1.29, 1.82) is 0 Å². The van der Waals surface area contributed by atoms with Crippen molar-refractivity contribution in [3.05, 3.63) is 42.0 Å². The van der Waals surface area contributed by atoms with Crippen molar-refractivity contribution in [2.24, 2.45) is 0 Å². The van der Waals surface area contributed by atoms with Gasteiger partial charge in [-0.25, -0.2) is 4.39 Å². The van der Waals surface area contributed by atoms with Crippen molar-refractivity contribution in [1.82, 2.24) is 15.5 Å². The van der Waals surface area contributed by atoms with E-state index in [0.717, 1.165) is 16.8 Å². The first-order valence-corrected chi connectivity index (χ1v) is 4.74. The number of H-pyrrole nitrogens is 1. The first kappa shape index (κ1) is 9.86. The monoisotopic (exact) mass is 205 g/mol. The largest absolute Gasteiger partial charge is 0.314 e. The van der Waals surface area contributed by atoms with Crippen LogP contribution in [-0.4, -0.2) is 17.2 Å². The fourth-order valence-corrected chi connectivity index (χ4v) is 1.53. The summed E-state index contributed by atoms with van der Waals surface area (Å²) in [6.45, 7) is 0.686. The smallest absolute Gasteiger partial charge is 0.123 e. The van der Waals surface area contributed by atoms with E-state index in [4.69, 9.17) is 0 Å². The van der Waals surface area contributed by atoms with E-state index in [9.17, 15) is 4.39 Å². The van der Waals surface area contributed by atoms with Gasteiger partial charge in [0, 0.05) is 12.1 Å². The number of rotatable bonds is 3. The van der Waals surface area contributed by atoms with Crippen molar-refractivity contribution >= 4 is 0 Å². The molecular formula is C11H12FN3. The minimum Gasteiger partial charge on any atom is -0.314 e. The molecule has 78 valence electrons. The summed E-state index contributed by atoms with van der Waals surface area (Å²) in [5, 5.41) is 9.88. The van der Waals surface area contributed by atoms with Gasteiger partial charge in [0.25, 0.3) is 0 Å². The van der Waals surface area contributed by atoms with Gasteiger partial charge in [-0.05, 0) is 24.7 Å². The van der Waals surface area contributed by atoms with Crippen molar-refractivity contribution in [3.63, 3.8) is 0 Å². The fraction of sp³-hybridized carbons (Fsp3) is 0.182. The molecule has 0 spiro atoms. The highest BCUT2D eigenvalue weighted by Gasteiger charge is 2.06. The quantitative estimate of drug-likeness (QED) is 0.803. The summed E-state index contributed by atoms with van der Waals surface area (Å²) >= 11 is 0. The van der Waals surface area contributed by atoms with E-state index in [1.807, 2.05) is 13.1 Å². The molecule has 0 saturated carbocycles. The van der Waals surface area contributed by atoms with Gasteiger partial charge < -0.3 is 5.32 Å². The first-order valence-electron chi connectivity index (χ1n) is 4.74. The van der Waals surface area contributed by atoms with E-state index in [2.05, 4.69) is 15.5 Å². The van der Waals surface area contributed by atoms with Crippen LogP contribution < -0.4 is 5.32 Å². The molecule has 0 bridgehead atoms. The molecule has 0 amide bonds. The topological polar surface area (TPSA) is 40.7 Å². The lowest BCUT2D eigenvalue weighted by atomic mass is 10.1. The van der Waals surface area contributed by atoms with E-state index in [-0.39, 0.29) is 5.82 Å². The van der Waals surface area contributed by atoms with Gasteiger partial charge in [0.15, 0.2) is 0 Å². The second-order valence-electron chi connectivity index (χ2n) is 3.30. The van der Waals surface area contributed by atoms with Gasteiger partial charge in [0.05, 0.1) is 11.9 Å². The highest BCUT2D eigenvalue weighted by molar-refractivity contribution is 5.65. The van der Waals surface area contributed by atoms with Gasteiger partial charge in [-0.2, -0.15) is 5.10 Å². The van der Waals surface area contributed by atoms with Gasteiger partial charge in [0.2, 0.25) is 0 Å². The maximum atomic E-state index is 13.0. The number of nitrogens with one attached hydrogen (secondary N) is 2. The standard InChI is InChI=1S/C11H12FN3/c1-13-7-11-10(6-14-15-11)8-3-2-4-9(12)5-8/h2-6,13H,7H2,1H3,(H,14,15). The van der Waals surface area contributed by atoms with Crippen LogP contribution in [0.1, 0.15) is 5.69 Å². The van der Waals surface area contributed by atoms with Crippen LogP contribution in [0.5, 0.6) is 0 Å². The van der Waals surface area contributed by atoms with E-state index >= 15 is 0 Å². The maximum absolute atomic E-state index is 13.0. The third-order valence-corrected chi connectivity index (χ3v) is 2.21. The Morgan fingerprint density at radius 3 is 3.07 bits per heavy atom. The van der Waals surface area contributed by atoms with Crippen molar-refractivity contribution in [3.8, 4) is 11.1 Å². The molecule has 1 aromatic heterocycles. The number of hydrogen-bond acceptors (Lipinski definition) is 2. The van der Waals surface area contributed by atoms with Gasteiger partial charge in [-0.1, -0.05) is 12.1 Å². The van der Waals surface area contributed by atoms with Crippen LogP contribution in [0, 0.1) is 5.82 Å². The second-order valence-corrected chi connectivity index (χ2v) is 3.30. The molecule has 0 aliphatic heterocycles. The Balaban J connectivity index is 2.40. The molecule has 0 fully saturated rings. The maximum Gasteiger partial charge on any atom is 0.123 e. The molecule has 1 aromatic carbocycles. The van der Waals surface area contributed by atoms with Crippen LogP contribution in [0.4, 0.5) is 4.39 Å². The van der Waals surface area contributed by atoms with Crippen molar-refractivity contribution < 1.29 is 4.39 Å². The number of aromatic amines is 1. The molecule has 4 heteroatoms. The molecule has 0 atom stereocenters. The Hall–Kier alpha value is -1.68. The van der Waals surface area contributed by atoms with Crippen LogP contribution in [-0.2, 0) is 6.54 Å². The molecule has 1 heterocycles. The Bertz CT molecular complexity index is 451. The minimum atomic E-state index is -0.232. The molecule has 2 rings (SSSR count). The molecular weight excluding hydrogens is 193 g/mol. The summed E-state index contributed by atoms with van der Waals surface area (Å²) < 4.78 is 13.0. The molecule has 0 aliphatic carbocycles. The van der Waals surface area contributed by atoms with Crippen LogP contribution >= 0.6 is 0 Å². The number of aromatic nitrogens is 2. The Kier molecular flexibility index (Phi) is 2.78. The molecule has 15 heavy (non-hydrogen) atoms. The Morgan fingerprint density at radius 2 is 2.33 bits per heavy atom. The molecule has 2 aromatic rings. The molecule has 0 radical (unpaired) electrons. The van der Waals surface area contributed by atoms with Gasteiger partial charge >= 0.3 is 0 Å². The zero-order valence-electron chi connectivity index (χ0n) is 8.42. The molecule has 2 N–H and O–H groups in total. The van der Waals surface area contributed by atoms with Gasteiger partial charge in [0.1, 0.15) is 5.82 Å². The summed E-state index contributed by atoms with van der Waals surface area (Å²) in [4.78, 5) is 0. The predicted octanol–water partition coefficient (Wildman–Crippen LogP) is 1.94. The van der Waals surface area contributed by atoms with Gasteiger partial charge in [-0.3, -0.25) is 5.10 Å². The van der Waals surface area contributed by atoms with E-state index in [1.165, 1.54) is 12.1 Å². The summed E-state index contributed by atoms with van der Waals surface area (Å²) in [6.07, 6.45) is 1.71. The lowest BCUT2D eigenvalue weighted by Gasteiger charge is -2.02. The van der Waals surface area contributed by atoms with E-state index in [0.29, 0.717) is 6.54 Å². The Labute approximate surface area is 87.3 Å². The predicted molar refractivity (Wildman–Crippen MR) is 56.7 cm³/mol. The van der Waals surface area contributed by atoms with Crippen molar-refractivity contribution in [2.45, 2.75) is 6.54 Å². The number of hydrogen-bond donors (Lipinski definition) is 2. The lowest BCUT2D eigenvalue weighted by molar-refractivity contribution is 0.628. The Morgan fingerprint density at radius 1 is 1.47 bits per heavy atom.